The molecule has 0 aliphatic heterocycles. The van der Waals surface area contributed by atoms with Gasteiger partial charge in [0.25, 0.3) is 0 Å². The molecular weight excluding hydrogens is 328 g/mol. The maximum absolute atomic E-state index is 10.8. The van der Waals surface area contributed by atoms with E-state index in [-0.39, 0.29) is 35.8 Å². The average Bonchev–Trinajstić information content (AvgIpc) is 2.69. The third kappa shape index (κ3) is 1.78. The van der Waals surface area contributed by atoms with Crippen LogP contribution in [-0.4, -0.2) is 20.4 Å². The Labute approximate surface area is 149 Å². The van der Waals surface area contributed by atoms with Crippen molar-refractivity contribution >= 4 is 21.5 Å². The molecule has 4 aromatic rings. The van der Waals surface area contributed by atoms with Gasteiger partial charge >= 0.3 is 0 Å². The molecule has 0 atom stereocenters. The van der Waals surface area contributed by atoms with Crippen LogP contribution in [0.2, 0.25) is 0 Å². The highest BCUT2D eigenvalue weighted by Gasteiger charge is 2.29. The van der Waals surface area contributed by atoms with Crippen LogP contribution in [0.25, 0.3) is 21.5 Å². The van der Waals surface area contributed by atoms with Crippen molar-refractivity contribution in [3.8, 4) is 23.0 Å². The molecule has 0 heterocycles. The number of phenolic OH excluding ortho intramolecular Hbond substituents is 4. The van der Waals surface area contributed by atoms with Crippen molar-refractivity contribution in [2.24, 2.45) is 0 Å². The molecular formula is C22H16O4. The minimum Gasteiger partial charge on any atom is -0.507 e. The molecule has 128 valence electrons. The first-order chi connectivity index (χ1) is 12.6. The molecule has 0 unspecified atom stereocenters. The van der Waals surface area contributed by atoms with Gasteiger partial charge in [0, 0.05) is 56.6 Å². The highest BCUT2D eigenvalue weighted by Crippen LogP contribution is 2.49. The third-order valence-corrected chi connectivity index (χ3v) is 5.45. The Bertz CT molecular complexity index is 1030. The number of fused-ring (bicyclic) bond motifs is 4. The normalized spacial score (nSPS) is 12.9. The SMILES string of the molecule is Oc1c2c(c(O)c3ccccc13)Cc1c(c(O)c3ccccc3c1O)C2. The number of rotatable bonds is 0. The Kier molecular flexibility index (Phi) is 2.89. The van der Waals surface area contributed by atoms with E-state index in [4.69, 9.17) is 0 Å². The lowest BCUT2D eigenvalue weighted by molar-refractivity contribution is 0.446. The van der Waals surface area contributed by atoms with E-state index in [1.807, 2.05) is 24.3 Å². The van der Waals surface area contributed by atoms with E-state index in [1.54, 1.807) is 24.3 Å². The van der Waals surface area contributed by atoms with Gasteiger partial charge in [0.15, 0.2) is 0 Å². The first-order valence-corrected chi connectivity index (χ1v) is 8.46. The lowest BCUT2D eigenvalue weighted by Crippen LogP contribution is -2.09. The van der Waals surface area contributed by atoms with Gasteiger partial charge in [-0.3, -0.25) is 0 Å². The monoisotopic (exact) mass is 344 g/mol. The molecule has 0 saturated carbocycles. The van der Waals surface area contributed by atoms with E-state index in [1.165, 1.54) is 0 Å². The van der Waals surface area contributed by atoms with Crippen molar-refractivity contribution in [3.63, 3.8) is 0 Å². The highest BCUT2D eigenvalue weighted by atomic mass is 16.3. The minimum absolute atomic E-state index is 0.117. The maximum atomic E-state index is 10.8. The summed E-state index contributed by atoms with van der Waals surface area (Å²) >= 11 is 0. The second-order valence-electron chi connectivity index (χ2n) is 6.75. The number of hydrogen-bond acceptors (Lipinski definition) is 4. The largest absolute Gasteiger partial charge is 0.507 e. The molecule has 0 aromatic heterocycles. The van der Waals surface area contributed by atoms with Crippen molar-refractivity contribution in [3.05, 3.63) is 70.8 Å². The van der Waals surface area contributed by atoms with Crippen molar-refractivity contribution in [1.29, 1.82) is 0 Å². The average molecular weight is 344 g/mol. The van der Waals surface area contributed by atoms with E-state index < -0.39 is 0 Å². The predicted molar refractivity (Wildman–Crippen MR) is 100 cm³/mol. The van der Waals surface area contributed by atoms with Crippen LogP contribution in [0, 0.1) is 0 Å². The summed E-state index contributed by atoms with van der Waals surface area (Å²) in [5, 5.41) is 45.4. The molecule has 0 radical (unpaired) electrons. The molecule has 5 rings (SSSR count). The lowest BCUT2D eigenvalue weighted by Gasteiger charge is -2.25. The summed E-state index contributed by atoms with van der Waals surface area (Å²) in [6.07, 6.45) is 0.498. The van der Waals surface area contributed by atoms with Crippen LogP contribution < -0.4 is 0 Å². The van der Waals surface area contributed by atoms with E-state index in [0.717, 1.165) is 0 Å². The van der Waals surface area contributed by atoms with E-state index in [0.29, 0.717) is 43.8 Å². The van der Waals surface area contributed by atoms with E-state index >= 15 is 0 Å². The summed E-state index contributed by atoms with van der Waals surface area (Å²) in [6, 6.07) is 14.3. The Hall–Kier alpha value is -3.40. The van der Waals surface area contributed by atoms with Crippen LogP contribution in [-0.2, 0) is 12.8 Å². The van der Waals surface area contributed by atoms with Crippen LogP contribution in [0.1, 0.15) is 22.3 Å². The highest BCUT2D eigenvalue weighted by molar-refractivity contribution is 5.99. The second-order valence-corrected chi connectivity index (χ2v) is 6.75. The van der Waals surface area contributed by atoms with Crippen molar-refractivity contribution in [1.82, 2.24) is 0 Å². The van der Waals surface area contributed by atoms with Gasteiger partial charge in [0.2, 0.25) is 0 Å². The number of aromatic hydroxyl groups is 4. The molecule has 4 N–H and O–H groups in total. The van der Waals surface area contributed by atoms with Gasteiger partial charge in [-0.15, -0.1) is 0 Å². The summed E-state index contributed by atoms with van der Waals surface area (Å²) in [6.45, 7) is 0. The molecule has 1 aliphatic carbocycles. The quantitative estimate of drug-likeness (QED) is 0.316. The predicted octanol–water partition coefficient (Wildman–Crippen LogP) is 4.31. The summed E-state index contributed by atoms with van der Waals surface area (Å²) in [5.74, 6) is 0.467. The molecule has 0 amide bonds. The Morgan fingerprint density at radius 3 is 0.885 bits per heavy atom. The zero-order valence-electron chi connectivity index (χ0n) is 13.8. The van der Waals surface area contributed by atoms with Gasteiger partial charge < -0.3 is 20.4 Å². The van der Waals surface area contributed by atoms with Gasteiger partial charge in [-0.05, 0) is 0 Å². The number of phenols is 4. The Balaban J connectivity index is 1.85. The van der Waals surface area contributed by atoms with Crippen LogP contribution in [0.3, 0.4) is 0 Å². The van der Waals surface area contributed by atoms with Crippen LogP contribution >= 0.6 is 0 Å². The van der Waals surface area contributed by atoms with Crippen LogP contribution in [0.5, 0.6) is 23.0 Å². The molecule has 0 bridgehead atoms. The van der Waals surface area contributed by atoms with Crippen molar-refractivity contribution in [2.45, 2.75) is 12.8 Å². The van der Waals surface area contributed by atoms with Gasteiger partial charge in [0.1, 0.15) is 23.0 Å². The molecule has 4 aromatic carbocycles. The summed E-state index contributed by atoms with van der Waals surface area (Å²) in [7, 11) is 0. The van der Waals surface area contributed by atoms with Crippen LogP contribution in [0.15, 0.2) is 48.5 Å². The Morgan fingerprint density at radius 1 is 0.423 bits per heavy atom. The van der Waals surface area contributed by atoms with Gasteiger partial charge in [0.05, 0.1) is 0 Å². The zero-order valence-corrected chi connectivity index (χ0v) is 13.8. The van der Waals surface area contributed by atoms with Crippen LogP contribution in [0.4, 0.5) is 0 Å². The zero-order chi connectivity index (χ0) is 18.0. The molecule has 0 spiro atoms. The first-order valence-electron chi connectivity index (χ1n) is 8.46. The maximum Gasteiger partial charge on any atom is 0.127 e. The topological polar surface area (TPSA) is 80.9 Å². The summed E-state index contributed by atoms with van der Waals surface area (Å²) in [5.41, 5.74) is 2.38. The fraction of sp³-hybridized carbons (Fsp3) is 0.0909. The lowest BCUT2D eigenvalue weighted by atomic mass is 9.81. The molecule has 1 aliphatic rings. The van der Waals surface area contributed by atoms with Gasteiger partial charge in [-0.2, -0.15) is 0 Å². The first kappa shape index (κ1) is 14.9. The Morgan fingerprint density at radius 2 is 0.654 bits per heavy atom. The molecule has 4 nitrogen and oxygen atoms in total. The summed E-state index contributed by atoms with van der Waals surface area (Å²) in [4.78, 5) is 0. The fourth-order valence-electron chi connectivity index (χ4n) is 4.13. The third-order valence-electron chi connectivity index (χ3n) is 5.45. The second kappa shape index (κ2) is 5.05. The molecule has 0 saturated heterocycles. The van der Waals surface area contributed by atoms with Crippen molar-refractivity contribution in [2.75, 3.05) is 0 Å². The molecule has 26 heavy (non-hydrogen) atoms. The van der Waals surface area contributed by atoms with E-state index in [9.17, 15) is 20.4 Å². The summed E-state index contributed by atoms with van der Waals surface area (Å²) < 4.78 is 0. The fourth-order valence-corrected chi connectivity index (χ4v) is 4.13. The van der Waals surface area contributed by atoms with E-state index in [2.05, 4.69) is 0 Å². The minimum atomic E-state index is 0.117. The number of hydrogen-bond donors (Lipinski definition) is 4. The smallest absolute Gasteiger partial charge is 0.127 e. The molecule has 0 fully saturated rings. The van der Waals surface area contributed by atoms with Gasteiger partial charge in [-0.1, -0.05) is 48.5 Å². The van der Waals surface area contributed by atoms with Gasteiger partial charge in [-0.25, -0.2) is 0 Å². The molecule has 4 heteroatoms. The standard InChI is InChI=1S/C22H16O4/c23-19-11-5-1-2-6-12(11)20(24)16-10-18-17(9-15(16)19)21(25)13-7-3-4-8-14(13)22(18)26/h1-8,23-26H,9-10H2. The van der Waals surface area contributed by atoms with Crippen molar-refractivity contribution < 1.29 is 20.4 Å². The number of benzene rings is 4.